The highest BCUT2D eigenvalue weighted by molar-refractivity contribution is 5.47. The van der Waals surface area contributed by atoms with Crippen LogP contribution in [0.25, 0.3) is 0 Å². The van der Waals surface area contributed by atoms with E-state index in [1.165, 1.54) is 31.3 Å². The van der Waals surface area contributed by atoms with Gasteiger partial charge in [-0.25, -0.2) is 0 Å². The van der Waals surface area contributed by atoms with E-state index in [9.17, 15) is 10.2 Å². The number of rotatable bonds is 9. The van der Waals surface area contributed by atoms with E-state index in [2.05, 4.69) is 40.7 Å². The van der Waals surface area contributed by atoms with Gasteiger partial charge in [-0.05, 0) is 68.6 Å². The predicted octanol–water partition coefficient (Wildman–Crippen LogP) is 6.54. The minimum Gasteiger partial charge on any atom is -0.508 e. The molecule has 2 heteroatoms. The van der Waals surface area contributed by atoms with Gasteiger partial charge in [-0.3, -0.25) is 0 Å². The molecule has 0 aromatic heterocycles. The maximum Gasteiger partial charge on any atom is 0.123 e. The molecule has 1 rings (SSSR count). The molecular formula is C22H36O2. The number of benzene rings is 1. The lowest BCUT2D eigenvalue weighted by Crippen LogP contribution is -2.04. The summed E-state index contributed by atoms with van der Waals surface area (Å²) in [7, 11) is 0. The van der Waals surface area contributed by atoms with Crippen molar-refractivity contribution in [2.45, 2.75) is 86.0 Å². The van der Waals surface area contributed by atoms with Crippen LogP contribution in [0.3, 0.4) is 0 Å². The topological polar surface area (TPSA) is 40.5 Å². The van der Waals surface area contributed by atoms with Crippen molar-refractivity contribution in [2.75, 3.05) is 0 Å². The standard InChI is InChI=1S/C22H36O2/c1-6-7-8-11-18-15-20(23)19(21(24)16-18)13-12-17(2)10-9-14-22(3,4)5/h12,15-16,23-24H,6-11,13-14H2,1-5H3/b17-12+. The minimum atomic E-state index is 0.222. The first-order valence-corrected chi connectivity index (χ1v) is 9.42. The van der Waals surface area contributed by atoms with Gasteiger partial charge < -0.3 is 10.2 Å². The molecule has 24 heavy (non-hydrogen) atoms. The number of unbranched alkanes of at least 4 members (excludes halogenated alkanes) is 2. The zero-order chi connectivity index (χ0) is 18.2. The van der Waals surface area contributed by atoms with Crippen LogP contribution >= 0.6 is 0 Å². The van der Waals surface area contributed by atoms with E-state index in [0.29, 0.717) is 17.4 Å². The van der Waals surface area contributed by atoms with Crippen molar-refractivity contribution in [1.29, 1.82) is 0 Å². The Morgan fingerprint density at radius 1 is 1.04 bits per heavy atom. The van der Waals surface area contributed by atoms with Crippen molar-refractivity contribution < 1.29 is 10.2 Å². The average Bonchev–Trinajstić information content (AvgIpc) is 2.45. The molecular weight excluding hydrogens is 296 g/mol. The zero-order valence-electron chi connectivity index (χ0n) is 16.3. The Hall–Kier alpha value is -1.44. The van der Waals surface area contributed by atoms with E-state index < -0.39 is 0 Å². The second-order valence-corrected chi connectivity index (χ2v) is 8.24. The maximum atomic E-state index is 10.2. The normalized spacial score (nSPS) is 12.6. The van der Waals surface area contributed by atoms with Gasteiger partial charge in [0.25, 0.3) is 0 Å². The molecule has 0 atom stereocenters. The Morgan fingerprint density at radius 2 is 1.67 bits per heavy atom. The van der Waals surface area contributed by atoms with Crippen LogP contribution in [0.2, 0.25) is 0 Å². The fourth-order valence-corrected chi connectivity index (χ4v) is 2.91. The van der Waals surface area contributed by atoms with Gasteiger partial charge in [0, 0.05) is 5.56 Å². The minimum absolute atomic E-state index is 0.222. The van der Waals surface area contributed by atoms with Gasteiger partial charge in [0.1, 0.15) is 11.5 Å². The monoisotopic (exact) mass is 332 g/mol. The molecule has 1 aromatic carbocycles. The van der Waals surface area contributed by atoms with Gasteiger partial charge >= 0.3 is 0 Å². The van der Waals surface area contributed by atoms with Crippen molar-refractivity contribution in [3.8, 4) is 11.5 Å². The zero-order valence-corrected chi connectivity index (χ0v) is 16.3. The number of aromatic hydroxyl groups is 2. The van der Waals surface area contributed by atoms with Gasteiger partial charge in [0.2, 0.25) is 0 Å². The van der Waals surface area contributed by atoms with E-state index in [1.54, 1.807) is 0 Å². The van der Waals surface area contributed by atoms with Crippen LogP contribution in [-0.2, 0) is 12.8 Å². The van der Waals surface area contributed by atoms with Crippen LogP contribution in [-0.4, -0.2) is 10.2 Å². The molecule has 0 aliphatic heterocycles. The Labute approximate surface area is 148 Å². The molecule has 0 saturated heterocycles. The van der Waals surface area contributed by atoms with Gasteiger partial charge in [-0.15, -0.1) is 0 Å². The molecule has 0 bridgehead atoms. The molecule has 2 nitrogen and oxygen atoms in total. The quantitative estimate of drug-likeness (QED) is 0.398. The summed E-state index contributed by atoms with van der Waals surface area (Å²) in [5.74, 6) is 0.445. The fourth-order valence-electron chi connectivity index (χ4n) is 2.91. The molecule has 0 saturated carbocycles. The number of allylic oxidation sites excluding steroid dienone is 2. The van der Waals surface area contributed by atoms with Gasteiger partial charge in [0.15, 0.2) is 0 Å². The van der Waals surface area contributed by atoms with Crippen LogP contribution in [0.15, 0.2) is 23.8 Å². The number of phenols is 2. The van der Waals surface area contributed by atoms with Crippen LogP contribution in [0.4, 0.5) is 0 Å². The first kappa shape index (κ1) is 20.6. The largest absolute Gasteiger partial charge is 0.508 e. The van der Waals surface area contributed by atoms with Gasteiger partial charge in [-0.1, -0.05) is 52.2 Å². The summed E-state index contributed by atoms with van der Waals surface area (Å²) in [6.07, 6.45) is 10.6. The number of phenolic OH excluding ortho intramolecular Hbond substituents is 2. The van der Waals surface area contributed by atoms with E-state index in [0.717, 1.165) is 24.8 Å². The summed E-state index contributed by atoms with van der Waals surface area (Å²) in [6, 6.07) is 3.63. The van der Waals surface area contributed by atoms with E-state index in [4.69, 9.17) is 0 Å². The highest BCUT2D eigenvalue weighted by Gasteiger charge is 2.10. The van der Waals surface area contributed by atoms with Crippen molar-refractivity contribution in [2.24, 2.45) is 5.41 Å². The van der Waals surface area contributed by atoms with Crippen molar-refractivity contribution in [1.82, 2.24) is 0 Å². The molecule has 0 heterocycles. The Bertz CT molecular complexity index is 512. The van der Waals surface area contributed by atoms with Gasteiger partial charge in [0.05, 0.1) is 0 Å². The number of hydrogen-bond acceptors (Lipinski definition) is 2. The molecule has 0 radical (unpaired) electrons. The van der Waals surface area contributed by atoms with E-state index in [-0.39, 0.29) is 11.5 Å². The van der Waals surface area contributed by atoms with Crippen molar-refractivity contribution in [3.05, 3.63) is 34.9 Å². The molecule has 0 aliphatic rings. The Morgan fingerprint density at radius 3 is 2.21 bits per heavy atom. The van der Waals surface area contributed by atoms with Crippen LogP contribution in [0.1, 0.15) is 84.3 Å². The lowest BCUT2D eigenvalue weighted by Gasteiger charge is -2.17. The summed E-state index contributed by atoms with van der Waals surface area (Å²) >= 11 is 0. The summed E-state index contributed by atoms with van der Waals surface area (Å²) in [5, 5.41) is 20.5. The van der Waals surface area contributed by atoms with E-state index >= 15 is 0 Å². The average molecular weight is 333 g/mol. The molecule has 0 amide bonds. The first-order valence-electron chi connectivity index (χ1n) is 9.42. The highest BCUT2D eigenvalue weighted by atomic mass is 16.3. The molecule has 0 spiro atoms. The number of hydrogen-bond donors (Lipinski definition) is 2. The lowest BCUT2D eigenvalue weighted by molar-refractivity contribution is 0.365. The lowest BCUT2D eigenvalue weighted by atomic mass is 9.89. The second kappa shape index (κ2) is 9.76. The van der Waals surface area contributed by atoms with Gasteiger partial charge in [-0.2, -0.15) is 0 Å². The summed E-state index contributed by atoms with van der Waals surface area (Å²) in [5.41, 5.74) is 3.37. The highest BCUT2D eigenvalue weighted by Crippen LogP contribution is 2.31. The van der Waals surface area contributed by atoms with Crippen LogP contribution in [0, 0.1) is 5.41 Å². The smallest absolute Gasteiger partial charge is 0.123 e. The van der Waals surface area contributed by atoms with Crippen LogP contribution in [0.5, 0.6) is 11.5 Å². The predicted molar refractivity (Wildman–Crippen MR) is 104 cm³/mol. The van der Waals surface area contributed by atoms with Crippen molar-refractivity contribution in [3.63, 3.8) is 0 Å². The van der Waals surface area contributed by atoms with Crippen LogP contribution < -0.4 is 0 Å². The molecule has 0 unspecified atom stereocenters. The second-order valence-electron chi connectivity index (χ2n) is 8.24. The molecule has 2 N–H and O–H groups in total. The van der Waals surface area contributed by atoms with Crippen molar-refractivity contribution >= 4 is 0 Å². The fraction of sp³-hybridized carbons (Fsp3) is 0.636. The molecule has 0 aliphatic carbocycles. The number of aryl methyl sites for hydroxylation is 1. The summed E-state index contributed by atoms with van der Waals surface area (Å²) < 4.78 is 0. The third-order valence-electron chi connectivity index (χ3n) is 4.48. The third kappa shape index (κ3) is 7.90. The molecule has 1 aromatic rings. The third-order valence-corrected chi connectivity index (χ3v) is 4.48. The van der Waals surface area contributed by atoms with E-state index in [1.807, 2.05) is 12.1 Å². The maximum absolute atomic E-state index is 10.2. The Kier molecular flexibility index (Phi) is 8.38. The SMILES string of the molecule is CCCCCc1cc(O)c(C/C=C(\C)CCCC(C)(C)C)c(O)c1. The summed E-state index contributed by atoms with van der Waals surface area (Å²) in [6.45, 7) is 11.1. The first-order chi connectivity index (χ1) is 11.2. The Balaban J connectivity index is 2.62. The molecule has 0 fully saturated rings. The molecule has 136 valence electrons. The summed E-state index contributed by atoms with van der Waals surface area (Å²) in [4.78, 5) is 0.